The number of likely N-dealkylation sites (tertiary alicyclic amines) is 1. The number of allylic oxidation sites excluding steroid dienone is 3. The van der Waals surface area contributed by atoms with Crippen molar-refractivity contribution in [2.75, 3.05) is 111 Å². The van der Waals surface area contributed by atoms with E-state index in [-0.39, 0.29) is 36.2 Å². The second-order valence-corrected chi connectivity index (χ2v) is 26.7. The van der Waals surface area contributed by atoms with Crippen molar-refractivity contribution in [3.8, 4) is 33.9 Å². The van der Waals surface area contributed by atoms with Gasteiger partial charge < -0.3 is 68.8 Å². The molecule has 0 radical (unpaired) electrons. The van der Waals surface area contributed by atoms with E-state index in [0.29, 0.717) is 103 Å². The number of benzene rings is 4. The Kier molecular flexibility index (Phi) is 26.1. The maximum Gasteiger partial charge on any atom is 0.410 e. The Balaban J connectivity index is 0.665. The van der Waals surface area contributed by atoms with Gasteiger partial charge in [-0.25, -0.2) is 9.78 Å². The molecule has 0 spiro atoms. The smallest absolute Gasteiger partial charge is 0.410 e. The van der Waals surface area contributed by atoms with Gasteiger partial charge in [0.1, 0.15) is 53.6 Å². The summed E-state index contributed by atoms with van der Waals surface area (Å²) < 4.78 is 46.6. The van der Waals surface area contributed by atoms with E-state index in [0.717, 1.165) is 136 Å². The summed E-state index contributed by atoms with van der Waals surface area (Å²) in [4.78, 5) is 66.2. The molecular weight excluding hydrogens is 1210 g/mol. The fourth-order valence-corrected chi connectivity index (χ4v) is 13.8. The predicted molar refractivity (Wildman–Crippen MR) is 366 cm³/mol. The maximum absolute atomic E-state index is 14.7. The number of nitrogens with zero attached hydrogens (tertiary/aromatic N) is 4. The Hall–Kier alpha value is -7.11. The first-order valence-electron chi connectivity index (χ1n) is 33.7. The zero-order valence-corrected chi connectivity index (χ0v) is 57.4. The second-order valence-electron chi connectivity index (χ2n) is 25.8. The number of fused-ring (bicyclic) bond motifs is 1. The number of hydrogen-bond acceptors (Lipinski definition) is 17. The van der Waals surface area contributed by atoms with Crippen LogP contribution in [0.3, 0.4) is 0 Å². The summed E-state index contributed by atoms with van der Waals surface area (Å²) >= 11 is 1.55. The van der Waals surface area contributed by atoms with Crippen molar-refractivity contribution in [1.82, 2.24) is 30.7 Å². The molecule has 4 N–H and O–H groups in total. The summed E-state index contributed by atoms with van der Waals surface area (Å²) in [6.45, 7) is 22.1. The molecule has 4 atom stereocenters. The minimum absolute atomic E-state index is 0.00290. The first-order valence-corrected chi connectivity index (χ1v) is 34.6. The van der Waals surface area contributed by atoms with Crippen molar-refractivity contribution in [3.05, 3.63) is 117 Å². The molecule has 0 bridgehead atoms. The van der Waals surface area contributed by atoms with Crippen molar-refractivity contribution in [3.63, 3.8) is 0 Å². The Morgan fingerprint density at radius 1 is 0.787 bits per heavy atom. The molecule has 510 valence electrons. The van der Waals surface area contributed by atoms with Crippen LogP contribution < -0.4 is 30.3 Å². The average Bonchev–Trinajstić information content (AvgIpc) is 1.35. The summed E-state index contributed by atoms with van der Waals surface area (Å²) in [6.07, 6.45) is 8.79. The molecule has 9 rings (SSSR count). The number of hydrogen-bond donors (Lipinski definition) is 4. The number of thiazole rings is 1. The number of rotatable bonds is 31. The molecule has 2 saturated heterocycles. The molecule has 20 nitrogen and oxygen atoms in total. The molecule has 21 heteroatoms. The summed E-state index contributed by atoms with van der Waals surface area (Å²) in [5.41, 5.74) is 8.05. The fraction of sp³-hybridized carbons (Fsp3) is 0.548. The van der Waals surface area contributed by atoms with Crippen LogP contribution in [0.5, 0.6) is 11.5 Å². The van der Waals surface area contributed by atoms with Gasteiger partial charge in [-0.2, -0.15) is 0 Å². The lowest BCUT2D eigenvalue weighted by molar-refractivity contribution is -0.140. The van der Waals surface area contributed by atoms with Gasteiger partial charge in [-0.05, 0) is 170 Å². The molecule has 3 fully saturated rings. The molecule has 4 heterocycles. The van der Waals surface area contributed by atoms with E-state index >= 15 is 0 Å². The SMILES string of the molecule is CCN(c1cc(-c2ccc(OCCOCCOCCOCCOCCOc3ccc(-c4csc([C@@H]5CCCN5C(=O)[C@@H](NC(=O)[C@H](C)N(C)C(=O)OC(C)(C)C)C5CCCCC5)n4)c4ccccc34)cc2)cc(C(=O)NCC2=C(C)C=C(C)NC2O)c1C)C1CCOCC1. The molecule has 1 unspecified atom stereocenters. The van der Waals surface area contributed by atoms with Crippen LogP contribution in [0.2, 0.25) is 0 Å². The lowest BCUT2D eigenvalue weighted by Gasteiger charge is -2.37. The van der Waals surface area contributed by atoms with Gasteiger partial charge in [0.2, 0.25) is 11.8 Å². The van der Waals surface area contributed by atoms with Gasteiger partial charge in [0.15, 0.2) is 0 Å². The molecule has 5 aromatic rings. The van der Waals surface area contributed by atoms with Gasteiger partial charge in [-0.15, -0.1) is 11.3 Å². The summed E-state index contributed by atoms with van der Waals surface area (Å²) in [7, 11) is 1.55. The summed E-state index contributed by atoms with van der Waals surface area (Å²) in [6, 6.07) is 22.7. The quantitative estimate of drug-likeness (QED) is 0.0303. The number of nitrogens with one attached hydrogen (secondary N) is 3. The van der Waals surface area contributed by atoms with Gasteiger partial charge in [0.25, 0.3) is 5.91 Å². The normalized spacial score (nSPS) is 17.9. The third-order valence-electron chi connectivity index (χ3n) is 18.1. The highest BCUT2D eigenvalue weighted by Gasteiger charge is 2.41. The Labute approximate surface area is 559 Å². The van der Waals surface area contributed by atoms with Gasteiger partial charge in [0, 0.05) is 84.8 Å². The lowest BCUT2D eigenvalue weighted by Crippen LogP contribution is -2.56. The number of amides is 4. The van der Waals surface area contributed by atoms with Crippen LogP contribution in [0, 0.1) is 12.8 Å². The van der Waals surface area contributed by atoms with Crippen molar-refractivity contribution in [1.29, 1.82) is 0 Å². The van der Waals surface area contributed by atoms with Gasteiger partial charge in [0.05, 0.1) is 64.6 Å². The largest absolute Gasteiger partial charge is 0.491 e. The zero-order chi connectivity index (χ0) is 66.7. The zero-order valence-electron chi connectivity index (χ0n) is 56.6. The molecular formula is C73H99N7O13S. The second kappa shape index (κ2) is 34.5. The highest BCUT2D eigenvalue weighted by atomic mass is 32.1. The van der Waals surface area contributed by atoms with E-state index < -0.39 is 30.0 Å². The van der Waals surface area contributed by atoms with Crippen LogP contribution in [0.4, 0.5) is 10.5 Å². The number of carbonyl (C=O) groups is 4. The lowest BCUT2D eigenvalue weighted by atomic mass is 9.83. The van der Waals surface area contributed by atoms with E-state index in [9.17, 15) is 24.3 Å². The first kappa shape index (κ1) is 71.2. The molecule has 4 amide bonds. The number of aromatic nitrogens is 1. The number of carbonyl (C=O) groups excluding carboxylic acids is 4. The molecule has 1 aliphatic carbocycles. The fourth-order valence-electron chi connectivity index (χ4n) is 12.9. The predicted octanol–water partition coefficient (Wildman–Crippen LogP) is 11.3. The molecule has 94 heavy (non-hydrogen) atoms. The highest BCUT2D eigenvalue weighted by Crippen LogP contribution is 2.41. The van der Waals surface area contributed by atoms with Crippen molar-refractivity contribution in [2.45, 2.75) is 149 Å². The van der Waals surface area contributed by atoms with E-state index in [1.807, 2.05) is 92.4 Å². The molecule has 3 aliphatic heterocycles. The van der Waals surface area contributed by atoms with Gasteiger partial charge in [-0.1, -0.05) is 55.7 Å². The molecule has 4 aliphatic rings. The van der Waals surface area contributed by atoms with E-state index in [1.165, 1.54) is 4.90 Å². The van der Waals surface area contributed by atoms with E-state index in [2.05, 4.69) is 45.3 Å². The van der Waals surface area contributed by atoms with Crippen LogP contribution in [0.15, 0.2) is 101 Å². The van der Waals surface area contributed by atoms with Crippen LogP contribution in [-0.2, 0) is 38.0 Å². The number of likely N-dealkylation sites (N-methyl/N-ethyl adjacent to an activating group) is 1. The minimum atomic E-state index is -0.859. The third-order valence-corrected chi connectivity index (χ3v) is 19.0. The van der Waals surface area contributed by atoms with E-state index in [4.69, 9.17) is 42.9 Å². The van der Waals surface area contributed by atoms with Crippen molar-refractivity contribution >= 4 is 51.6 Å². The van der Waals surface area contributed by atoms with Crippen LogP contribution in [-0.4, -0.2) is 180 Å². The standard InChI is InChI=1S/C73H99N7O13S/c1-10-79(55-28-31-86-32-29-55)64-45-54(44-60(50(64)4)68(82)74-46-61-48(2)43-49(3)75-69(61)83)52-22-24-56(25-23-52)91-41-39-89-37-35-87-33-34-88-36-38-90-40-42-92-65-27-26-58(57-19-14-15-20-59(57)65)62-47-94-70(76-62)63-21-16-30-80(63)71(84)66(53-17-12-11-13-18-53)77-67(81)51(5)78(9)72(85)93-73(6,7)8/h14-15,19-20,22-27,43-45,47,51,53,55,63,66,69,75,83H,10-13,16-18,21,28-42,46H2,1-9H3,(H,74,82)(H,77,81)/t51-,63-,66-,69?/m0/s1. The summed E-state index contributed by atoms with van der Waals surface area (Å²) in [5, 5.41) is 24.9. The van der Waals surface area contributed by atoms with Gasteiger partial charge >= 0.3 is 6.09 Å². The van der Waals surface area contributed by atoms with Crippen LogP contribution >= 0.6 is 11.3 Å². The number of aliphatic hydroxyl groups is 1. The van der Waals surface area contributed by atoms with Gasteiger partial charge in [-0.3, -0.25) is 19.3 Å². The molecule has 1 aromatic heterocycles. The maximum atomic E-state index is 14.7. The van der Waals surface area contributed by atoms with Crippen molar-refractivity contribution in [2.24, 2.45) is 5.92 Å². The summed E-state index contributed by atoms with van der Waals surface area (Å²) in [5.74, 6) is 0.796. The van der Waals surface area contributed by atoms with Crippen LogP contribution in [0.25, 0.3) is 33.2 Å². The van der Waals surface area contributed by atoms with Crippen molar-refractivity contribution < 1.29 is 62.2 Å². The number of ether oxygens (including phenoxy) is 8. The monoisotopic (exact) mass is 1310 g/mol. The number of aliphatic hydroxyl groups excluding tert-OH is 1. The Morgan fingerprint density at radius 3 is 2.09 bits per heavy atom. The Morgan fingerprint density at radius 2 is 1.44 bits per heavy atom. The highest BCUT2D eigenvalue weighted by molar-refractivity contribution is 7.10. The average molecular weight is 1310 g/mol. The number of anilines is 1. The first-order chi connectivity index (χ1) is 45.4. The van der Waals surface area contributed by atoms with E-state index in [1.54, 1.807) is 46.1 Å². The topological polar surface area (TPSA) is 221 Å². The third kappa shape index (κ3) is 19.1. The molecule has 4 aromatic carbocycles. The number of dihydropyridines is 1. The Bertz CT molecular complexity index is 3390. The minimum Gasteiger partial charge on any atom is -0.491 e. The molecule has 1 saturated carbocycles. The van der Waals surface area contributed by atoms with Crippen LogP contribution in [0.1, 0.15) is 133 Å².